The van der Waals surface area contributed by atoms with E-state index in [0.717, 1.165) is 0 Å². The van der Waals surface area contributed by atoms with E-state index in [1.165, 1.54) is 7.11 Å². The molecule has 2 atom stereocenters. The summed E-state index contributed by atoms with van der Waals surface area (Å²) in [6.07, 6.45) is -0.754. The molecule has 1 fully saturated rings. The molecular weight excluding hydrogens is 417 g/mol. The van der Waals surface area contributed by atoms with Gasteiger partial charge in [0.1, 0.15) is 11.6 Å². The molecule has 1 N–H and O–H groups in total. The number of benzene rings is 1. The van der Waals surface area contributed by atoms with Crippen LogP contribution in [0.25, 0.3) is 0 Å². The van der Waals surface area contributed by atoms with Crippen LogP contribution in [0.4, 0.5) is 4.79 Å². The Morgan fingerprint density at radius 3 is 2.22 bits per heavy atom. The van der Waals surface area contributed by atoms with E-state index in [1.54, 1.807) is 39.0 Å². The van der Waals surface area contributed by atoms with Crippen LogP contribution in [0.3, 0.4) is 0 Å². The third kappa shape index (κ3) is 4.96. The average molecular weight is 449 g/mol. The third-order valence-electron chi connectivity index (χ3n) is 5.83. The van der Waals surface area contributed by atoms with Crippen molar-refractivity contribution in [3.05, 3.63) is 23.8 Å². The quantitative estimate of drug-likeness (QED) is 0.540. The number of hydrogen-bond donors (Lipinski definition) is 1. The maximum absolute atomic E-state index is 12.9. The van der Waals surface area contributed by atoms with Gasteiger partial charge in [0, 0.05) is 0 Å². The smallest absolute Gasteiger partial charge is 0.467 e. The van der Waals surface area contributed by atoms with Gasteiger partial charge in [0.15, 0.2) is 11.5 Å². The van der Waals surface area contributed by atoms with Crippen molar-refractivity contribution in [2.24, 2.45) is 0 Å². The van der Waals surface area contributed by atoms with Gasteiger partial charge in [-0.15, -0.1) is 0 Å². The fraction of sp³-hybridized carbons (Fsp3) is 0.636. The number of rotatable bonds is 5. The summed E-state index contributed by atoms with van der Waals surface area (Å²) in [5, 5.41) is 2.65. The maximum atomic E-state index is 12.9. The van der Waals surface area contributed by atoms with E-state index in [1.807, 2.05) is 27.7 Å². The molecule has 32 heavy (non-hydrogen) atoms. The predicted molar refractivity (Wildman–Crippen MR) is 117 cm³/mol. The molecule has 1 amide bonds. The second-order valence-electron chi connectivity index (χ2n) is 9.91. The van der Waals surface area contributed by atoms with Crippen LogP contribution in [0.5, 0.6) is 11.5 Å². The number of carbonyl (C=O) groups is 2. The third-order valence-corrected chi connectivity index (χ3v) is 5.83. The molecule has 0 unspecified atom stereocenters. The molecule has 0 bridgehead atoms. The number of methoxy groups -OCH3 is 1. The molecule has 1 aromatic carbocycles. The Labute approximate surface area is 189 Å². The second-order valence-corrected chi connectivity index (χ2v) is 9.91. The van der Waals surface area contributed by atoms with Crippen LogP contribution < -0.4 is 14.8 Å². The summed E-state index contributed by atoms with van der Waals surface area (Å²) in [4.78, 5) is 25.5. The van der Waals surface area contributed by atoms with Gasteiger partial charge in [-0.25, -0.2) is 9.59 Å². The van der Waals surface area contributed by atoms with Gasteiger partial charge in [-0.3, -0.25) is 0 Å². The van der Waals surface area contributed by atoms with Crippen molar-refractivity contribution in [3.8, 4) is 11.5 Å². The first-order valence-corrected chi connectivity index (χ1v) is 10.6. The lowest BCUT2D eigenvalue weighted by atomic mass is 9.63. The van der Waals surface area contributed by atoms with E-state index in [0.29, 0.717) is 17.1 Å². The van der Waals surface area contributed by atoms with Crippen LogP contribution in [-0.4, -0.2) is 55.9 Å². The predicted octanol–water partition coefficient (Wildman–Crippen LogP) is 3.20. The molecule has 1 saturated heterocycles. The number of amides is 1. The van der Waals surface area contributed by atoms with Gasteiger partial charge in [-0.2, -0.15) is 0 Å². The molecule has 0 saturated carbocycles. The molecule has 9 nitrogen and oxygen atoms in total. The number of nitrogens with one attached hydrogen (secondary N) is 1. The van der Waals surface area contributed by atoms with Gasteiger partial charge in [-0.1, -0.05) is 6.07 Å². The van der Waals surface area contributed by atoms with Crippen LogP contribution in [0, 0.1) is 0 Å². The number of fused-ring (bicyclic) bond motifs is 1. The first kappa shape index (κ1) is 24.2. The van der Waals surface area contributed by atoms with Crippen LogP contribution >= 0.6 is 0 Å². The summed E-state index contributed by atoms with van der Waals surface area (Å²) in [6.45, 7) is 13.0. The van der Waals surface area contributed by atoms with Crippen LogP contribution in [0.2, 0.25) is 0 Å². The summed E-state index contributed by atoms with van der Waals surface area (Å²) < 4.78 is 33.9. The van der Waals surface area contributed by atoms with E-state index < -0.39 is 47.8 Å². The maximum Gasteiger partial charge on any atom is 0.468 e. The normalized spacial score (nSPS) is 20.4. The highest BCUT2D eigenvalue weighted by molar-refractivity contribution is 6.48. The van der Waals surface area contributed by atoms with Crippen LogP contribution in [0.1, 0.15) is 59.8 Å². The molecule has 176 valence electrons. The average Bonchev–Trinajstić information content (AvgIpc) is 3.20. The number of ether oxygens (including phenoxy) is 4. The molecule has 2 aliphatic heterocycles. The zero-order chi connectivity index (χ0) is 23.9. The van der Waals surface area contributed by atoms with Gasteiger partial charge < -0.3 is 33.6 Å². The van der Waals surface area contributed by atoms with E-state index >= 15 is 0 Å². The fourth-order valence-electron chi connectivity index (χ4n) is 3.52. The molecule has 0 aliphatic carbocycles. The molecule has 3 rings (SSSR count). The molecule has 2 aliphatic rings. The summed E-state index contributed by atoms with van der Waals surface area (Å²) in [5.41, 5.74) is -1.40. The lowest BCUT2D eigenvalue weighted by Gasteiger charge is -2.32. The first-order chi connectivity index (χ1) is 14.7. The largest absolute Gasteiger partial charge is 0.468 e. The molecule has 0 aromatic heterocycles. The van der Waals surface area contributed by atoms with Gasteiger partial charge in [0.2, 0.25) is 6.79 Å². The lowest BCUT2D eigenvalue weighted by molar-refractivity contribution is -0.143. The number of hydrogen-bond acceptors (Lipinski definition) is 8. The van der Waals surface area contributed by atoms with Gasteiger partial charge in [0.25, 0.3) is 0 Å². The summed E-state index contributed by atoms with van der Waals surface area (Å²) >= 11 is 0. The topological polar surface area (TPSA) is 102 Å². The molecule has 0 radical (unpaired) electrons. The zero-order valence-corrected chi connectivity index (χ0v) is 19.9. The van der Waals surface area contributed by atoms with Crippen molar-refractivity contribution in [1.82, 2.24) is 5.32 Å². The summed E-state index contributed by atoms with van der Waals surface area (Å²) in [7, 11) is 0.395. The van der Waals surface area contributed by atoms with E-state index in [9.17, 15) is 9.59 Å². The molecule has 0 spiro atoms. The minimum Gasteiger partial charge on any atom is -0.467 e. The Morgan fingerprint density at radius 2 is 1.66 bits per heavy atom. The van der Waals surface area contributed by atoms with Crippen molar-refractivity contribution >= 4 is 19.2 Å². The van der Waals surface area contributed by atoms with E-state index in [2.05, 4.69) is 5.32 Å². The lowest BCUT2D eigenvalue weighted by Crippen LogP contribution is -2.52. The number of esters is 1. The number of carbonyl (C=O) groups excluding carboxylic acids is 2. The van der Waals surface area contributed by atoms with Gasteiger partial charge in [-0.05, 0) is 66.2 Å². The highest BCUT2D eigenvalue weighted by Crippen LogP contribution is 2.43. The SMILES string of the molecule is COC(=O)[C@@H](NC(=O)OC(C)(C)C)[C@H](B1OC(C)(C)C(C)(C)O1)c1ccc2c(c1)OCO2. The van der Waals surface area contributed by atoms with E-state index in [4.69, 9.17) is 28.3 Å². The Balaban J connectivity index is 2.03. The van der Waals surface area contributed by atoms with E-state index in [-0.39, 0.29) is 6.79 Å². The van der Waals surface area contributed by atoms with Gasteiger partial charge in [0.05, 0.1) is 24.1 Å². The highest BCUT2D eigenvalue weighted by atomic mass is 16.7. The molecule has 1 aromatic rings. The summed E-state index contributed by atoms with van der Waals surface area (Å²) in [5.74, 6) is -0.292. The Morgan fingerprint density at radius 1 is 1.06 bits per heavy atom. The van der Waals surface area contributed by atoms with Gasteiger partial charge >= 0.3 is 19.2 Å². The Bertz CT molecular complexity index is 863. The monoisotopic (exact) mass is 449 g/mol. The van der Waals surface area contributed by atoms with Crippen LogP contribution in [-0.2, 0) is 23.6 Å². The van der Waals surface area contributed by atoms with Crippen molar-refractivity contribution in [1.29, 1.82) is 0 Å². The second kappa shape index (κ2) is 8.48. The molecule has 10 heteroatoms. The highest BCUT2D eigenvalue weighted by Gasteiger charge is 2.57. The Hall–Kier alpha value is -2.46. The Kier molecular flexibility index (Phi) is 6.41. The fourth-order valence-corrected chi connectivity index (χ4v) is 3.52. The zero-order valence-electron chi connectivity index (χ0n) is 19.9. The first-order valence-electron chi connectivity index (χ1n) is 10.6. The number of alkyl carbamates (subject to hydrolysis) is 1. The van der Waals surface area contributed by atoms with Crippen molar-refractivity contribution in [2.75, 3.05) is 13.9 Å². The minimum absolute atomic E-state index is 0.108. The van der Waals surface area contributed by atoms with Crippen molar-refractivity contribution in [2.45, 2.75) is 77.1 Å². The minimum atomic E-state index is -1.15. The van der Waals surface area contributed by atoms with Crippen molar-refractivity contribution < 1.29 is 37.8 Å². The van der Waals surface area contributed by atoms with Crippen molar-refractivity contribution in [3.63, 3.8) is 0 Å². The molecular formula is C22H32BNO8. The summed E-state index contributed by atoms with van der Waals surface area (Å²) in [6, 6.07) is 4.14. The van der Waals surface area contributed by atoms with Crippen LogP contribution in [0.15, 0.2) is 18.2 Å². The molecule has 2 heterocycles. The standard InChI is InChI=1S/C22H32BNO8/c1-20(2,3)30-19(26)24-17(18(25)27-8)16(23-31-21(4,5)22(6,7)32-23)13-9-10-14-15(11-13)29-12-28-14/h9-11,16-17H,12H2,1-8H3,(H,24,26)/t16-,17+/m1/s1.